The summed E-state index contributed by atoms with van der Waals surface area (Å²) in [6.45, 7) is 8.27. The lowest BCUT2D eigenvalue weighted by atomic mass is 9.95. The minimum atomic E-state index is 0.271. The molecule has 0 aliphatic carbocycles. The summed E-state index contributed by atoms with van der Waals surface area (Å²) >= 11 is 0. The van der Waals surface area contributed by atoms with Gasteiger partial charge in [-0.2, -0.15) is 0 Å². The van der Waals surface area contributed by atoms with Crippen molar-refractivity contribution in [2.75, 3.05) is 18.0 Å². The molecule has 0 radical (unpaired) electrons. The van der Waals surface area contributed by atoms with Gasteiger partial charge in [-0.25, -0.2) is 0 Å². The number of aryl methyl sites for hydroxylation is 3. The van der Waals surface area contributed by atoms with E-state index in [-0.39, 0.29) is 6.04 Å². The van der Waals surface area contributed by atoms with Gasteiger partial charge in [0.15, 0.2) is 0 Å². The lowest BCUT2D eigenvalue weighted by Gasteiger charge is -2.31. The average Bonchev–Trinajstić information content (AvgIpc) is 2.89. The van der Waals surface area contributed by atoms with E-state index in [1.54, 1.807) is 0 Å². The molecule has 110 valence electrons. The first kappa shape index (κ1) is 14.2. The molecule has 1 aliphatic heterocycles. The Morgan fingerprint density at radius 1 is 1.05 bits per heavy atom. The van der Waals surface area contributed by atoms with E-state index >= 15 is 0 Å². The molecule has 1 unspecified atom stereocenters. The fourth-order valence-corrected chi connectivity index (χ4v) is 3.45. The number of fused-ring (bicyclic) bond motifs is 1. The van der Waals surface area contributed by atoms with Crippen molar-refractivity contribution in [1.29, 1.82) is 0 Å². The van der Waals surface area contributed by atoms with Gasteiger partial charge in [0, 0.05) is 18.8 Å². The number of nitrogens with zero attached hydrogens (tertiary/aromatic N) is 1. The van der Waals surface area contributed by atoms with Crippen molar-refractivity contribution in [2.45, 2.75) is 33.2 Å². The van der Waals surface area contributed by atoms with Crippen LogP contribution < -0.4 is 10.6 Å². The molecule has 0 bridgehead atoms. The molecule has 1 aliphatic rings. The van der Waals surface area contributed by atoms with Crippen LogP contribution in [0.15, 0.2) is 36.4 Å². The molecule has 0 fully saturated rings. The second-order valence-corrected chi connectivity index (χ2v) is 6.12. The molecule has 0 amide bonds. The molecule has 0 spiro atoms. The highest BCUT2D eigenvalue weighted by atomic mass is 15.2. The Bertz CT molecular complexity index is 661. The number of benzene rings is 2. The predicted molar refractivity (Wildman–Crippen MR) is 89.9 cm³/mol. The highest BCUT2D eigenvalue weighted by Crippen LogP contribution is 2.36. The van der Waals surface area contributed by atoms with E-state index in [9.17, 15) is 0 Å². The summed E-state index contributed by atoms with van der Waals surface area (Å²) in [6.07, 6.45) is 1.12. The van der Waals surface area contributed by atoms with E-state index in [1.165, 1.54) is 33.5 Å². The smallest absolute Gasteiger partial charge is 0.0667 e. The average molecular weight is 280 g/mol. The highest BCUT2D eigenvalue weighted by molar-refractivity contribution is 5.60. The van der Waals surface area contributed by atoms with Gasteiger partial charge < -0.3 is 10.6 Å². The van der Waals surface area contributed by atoms with Crippen LogP contribution in [0.3, 0.4) is 0 Å². The lowest BCUT2D eigenvalue weighted by Crippen LogP contribution is -2.33. The van der Waals surface area contributed by atoms with E-state index in [0.717, 1.165) is 13.0 Å². The van der Waals surface area contributed by atoms with Crippen molar-refractivity contribution in [3.8, 4) is 0 Å². The SMILES string of the molecule is Cc1cc(C)c(C(CN)N2CCc3ccccc32)cc1C. The number of hydrogen-bond acceptors (Lipinski definition) is 2. The van der Waals surface area contributed by atoms with Gasteiger partial charge in [-0.15, -0.1) is 0 Å². The Hall–Kier alpha value is -1.80. The van der Waals surface area contributed by atoms with Crippen LogP contribution in [0.4, 0.5) is 5.69 Å². The summed E-state index contributed by atoms with van der Waals surface area (Å²) in [5, 5.41) is 0. The molecule has 1 heterocycles. The van der Waals surface area contributed by atoms with Crippen LogP contribution in [0.2, 0.25) is 0 Å². The standard InChI is InChI=1S/C19H24N2/c1-13-10-15(3)17(11-14(13)2)19(12-20)21-9-8-16-6-4-5-7-18(16)21/h4-7,10-11,19H,8-9,12,20H2,1-3H3. The van der Waals surface area contributed by atoms with Crippen LogP contribution in [-0.2, 0) is 6.42 Å². The Kier molecular flexibility index (Phi) is 3.73. The molecule has 0 aromatic heterocycles. The predicted octanol–water partition coefficient (Wildman–Crippen LogP) is 3.67. The summed E-state index contributed by atoms with van der Waals surface area (Å²) < 4.78 is 0. The Morgan fingerprint density at radius 3 is 2.52 bits per heavy atom. The first-order valence-electron chi connectivity index (χ1n) is 7.74. The van der Waals surface area contributed by atoms with Gasteiger partial charge in [-0.1, -0.05) is 30.3 Å². The van der Waals surface area contributed by atoms with Gasteiger partial charge in [0.1, 0.15) is 0 Å². The van der Waals surface area contributed by atoms with Crippen molar-refractivity contribution in [2.24, 2.45) is 5.73 Å². The summed E-state index contributed by atoms with van der Waals surface area (Å²) in [7, 11) is 0. The van der Waals surface area contributed by atoms with Gasteiger partial charge in [0.05, 0.1) is 6.04 Å². The van der Waals surface area contributed by atoms with E-state index < -0.39 is 0 Å². The summed E-state index contributed by atoms with van der Waals surface area (Å²) in [5.74, 6) is 0. The second-order valence-electron chi connectivity index (χ2n) is 6.12. The minimum Gasteiger partial charge on any atom is -0.363 e. The quantitative estimate of drug-likeness (QED) is 0.929. The van der Waals surface area contributed by atoms with E-state index in [0.29, 0.717) is 6.54 Å². The zero-order valence-corrected chi connectivity index (χ0v) is 13.2. The molecule has 2 heteroatoms. The third kappa shape index (κ3) is 2.44. The summed E-state index contributed by atoms with van der Waals surface area (Å²) in [5.41, 5.74) is 14.4. The minimum absolute atomic E-state index is 0.271. The molecule has 2 aromatic rings. The zero-order chi connectivity index (χ0) is 15.0. The number of hydrogen-bond donors (Lipinski definition) is 1. The zero-order valence-electron chi connectivity index (χ0n) is 13.2. The summed E-state index contributed by atoms with van der Waals surface area (Å²) in [4.78, 5) is 2.48. The Labute approximate surface area is 127 Å². The van der Waals surface area contributed by atoms with Crippen LogP contribution in [0.1, 0.15) is 33.9 Å². The largest absolute Gasteiger partial charge is 0.363 e. The monoisotopic (exact) mass is 280 g/mol. The number of nitrogens with two attached hydrogens (primary N) is 1. The molecule has 2 aromatic carbocycles. The third-order valence-electron chi connectivity index (χ3n) is 4.76. The normalized spacial score (nSPS) is 15.1. The maximum absolute atomic E-state index is 6.16. The fraction of sp³-hybridized carbons (Fsp3) is 0.368. The Morgan fingerprint density at radius 2 is 1.76 bits per heavy atom. The van der Waals surface area contributed by atoms with Crippen molar-refractivity contribution in [1.82, 2.24) is 0 Å². The molecule has 3 rings (SSSR count). The van der Waals surface area contributed by atoms with Crippen molar-refractivity contribution >= 4 is 5.69 Å². The maximum atomic E-state index is 6.16. The number of para-hydroxylation sites is 1. The van der Waals surface area contributed by atoms with E-state index in [1.807, 2.05) is 0 Å². The number of rotatable bonds is 3. The lowest BCUT2D eigenvalue weighted by molar-refractivity contribution is 0.645. The van der Waals surface area contributed by atoms with E-state index in [4.69, 9.17) is 5.73 Å². The third-order valence-corrected chi connectivity index (χ3v) is 4.76. The van der Waals surface area contributed by atoms with Gasteiger partial charge in [0.25, 0.3) is 0 Å². The van der Waals surface area contributed by atoms with Gasteiger partial charge in [-0.3, -0.25) is 0 Å². The molecular formula is C19H24N2. The van der Waals surface area contributed by atoms with Crippen LogP contribution in [-0.4, -0.2) is 13.1 Å². The molecule has 0 saturated heterocycles. The van der Waals surface area contributed by atoms with Crippen LogP contribution in [0.5, 0.6) is 0 Å². The maximum Gasteiger partial charge on any atom is 0.0667 e. The van der Waals surface area contributed by atoms with Gasteiger partial charge >= 0.3 is 0 Å². The highest BCUT2D eigenvalue weighted by Gasteiger charge is 2.27. The summed E-state index contributed by atoms with van der Waals surface area (Å²) in [6, 6.07) is 13.6. The first-order valence-corrected chi connectivity index (χ1v) is 7.74. The van der Waals surface area contributed by atoms with Gasteiger partial charge in [-0.05, 0) is 61.1 Å². The van der Waals surface area contributed by atoms with Crippen LogP contribution >= 0.6 is 0 Å². The molecule has 2 nitrogen and oxygen atoms in total. The fourth-order valence-electron chi connectivity index (χ4n) is 3.45. The van der Waals surface area contributed by atoms with Gasteiger partial charge in [0.2, 0.25) is 0 Å². The number of anilines is 1. The van der Waals surface area contributed by atoms with Crippen molar-refractivity contribution < 1.29 is 0 Å². The molecule has 1 atom stereocenters. The molecule has 21 heavy (non-hydrogen) atoms. The van der Waals surface area contributed by atoms with Crippen molar-refractivity contribution in [3.05, 3.63) is 64.2 Å². The Balaban J connectivity index is 2.03. The van der Waals surface area contributed by atoms with Crippen LogP contribution in [0, 0.1) is 20.8 Å². The molecule has 0 saturated carbocycles. The first-order chi connectivity index (χ1) is 10.1. The second kappa shape index (κ2) is 5.53. The molecular weight excluding hydrogens is 256 g/mol. The topological polar surface area (TPSA) is 29.3 Å². The molecule has 2 N–H and O–H groups in total. The van der Waals surface area contributed by atoms with Crippen molar-refractivity contribution in [3.63, 3.8) is 0 Å². The van der Waals surface area contributed by atoms with Crippen LogP contribution in [0.25, 0.3) is 0 Å². The van der Waals surface area contributed by atoms with E-state index in [2.05, 4.69) is 62.1 Å².